The number of imide groups is 1. The molecule has 2 amide bonds. The first kappa shape index (κ1) is 18.4. The van der Waals surface area contributed by atoms with Gasteiger partial charge in [0.25, 0.3) is 5.69 Å². The van der Waals surface area contributed by atoms with E-state index in [1.807, 2.05) is 48.5 Å². The van der Waals surface area contributed by atoms with E-state index in [0.717, 1.165) is 22.3 Å². The van der Waals surface area contributed by atoms with E-state index < -0.39 is 21.1 Å². The SMILES string of the molecule is O=C1C2C3c4ccccc4C(Br)(c4ccccc43)C2C(=O)N1c1ccc([N+](=O)[O-])cc1. The van der Waals surface area contributed by atoms with E-state index in [1.165, 1.54) is 29.2 Å². The highest BCUT2D eigenvalue weighted by molar-refractivity contribution is 9.09. The maximum Gasteiger partial charge on any atom is 0.269 e. The van der Waals surface area contributed by atoms with Crippen LogP contribution in [-0.2, 0) is 13.9 Å². The highest BCUT2D eigenvalue weighted by Crippen LogP contribution is 2.66. The molecule has 0 radical (unpaired) electrons. The predicted molar refractivity (Wildman–Crippen MR) is 117 cm³/mol. The van der Waals surface area contributed by atoms with Crippen molar-refractivity contribution < 1.29 is 14.5 Å². The van der Waals surface area contributed by atoms with Crippen molar-refractivity contribution in [3.8, 4) is 0 Å². The summed E-state index contributed by atoms with van der Waals surface area (Å²) in [4.78, 5) is 39.1. The Hall–Kier alpha value is -3.32. The molecule has 3 aromatic rings. The molecule has 1 saturated heterocycles. The molecule has 0 N–H and O–H groups in total. The summed E-state index contributed by atoms with van der Waals surface area (Å²) in [6.07, 6.45) is 0. The Kier molecular flexibility index (Phi) is 3.63. The molecule has 0 aromatic heterocycles. The Morgan fingerprint density at radius 1 is 0.839 bits per heavy atom. The molecule has 1 aliphatic heterocycles. The highest BCUT2D eigenvalue weighted by atomic mass is 79.9. The lowest BCUT2D eigenvalue weighted by molar-refractivity contribution is -0.384. The number of non-ortho nitro benzene ring substituents is 1. The van der Waals surface area contributed by atoms with Crippen LogP contribution in [0.2, 0.25) is 0 Å². The van der Waals surface area contributed by atoms with Crippen molar-refractivity contribution in [2.24, 2.45) is 11.8 Å². The first-order valence-corrected chi connectivity index (χ1v) is 10.7. The number of amides is 2. The van der Waals surface area contributed by atoms with Crippen LogP contribution in [0.3, 0.4) is 0 Å². The van der Waals surface area contributed by atoms with Crippen molar-refractivity contribution in [2.45, 2.75) is 10.2 Å². The standard InChI is InChI=1S/C24H15BrN2O4/c25-24-17-7-3-1-5-15(17)19(16-6-2-4-8-18(16)24)20-21(24)23(29)26(22(20)28)13-9-11-14(12-10-13)27(30)31/h1-12,19-21H. The average Bonchev–Trinajstić information content (AvgIpc) is 3.06. The second-order valence-electron chi connectivity index (χ2n) is 8.15. The van der Waals surface area contributed by atoms with Gasteiger partial charge in [-0.15, -0.1) is 0 Å². The number of alkyl halides is 1. The number of carbonyl (C=O) groups excluding carboxylic acids is 2. The van der Waals surface area contributed by atoms with E-state index in [9.17, 15) is 19.7 Å². The minimum absolute atomic E-state index is 0.0860. The molecule has 7 heteroatoms. The first-order chi connectivity index (χ1) is 14.9. The summed E-state index contributed by atoms with van der Waals surface area (Å²) in [6, 6.07) is 21.5. The summed E-state index contributed by atoms with van der Waals surface area (Å²) in [6.45, 7) is 0. The molecular formula is C24H15BrN2O4. The summed E-state index contributed by atoms with van der Waals surface area (Å²) in [5.74, 6) is -1.88. The van der Waals surface area contributed by atoms with Gasteiger partial charge < -0.3 is 0 Å². The Morgan fingerprint density at radius 2 is 1.39 bits per heavy atom. The van der Waals surface area contributed by atoms with Crippen molar-refractivity contribution in [3.63, 3.8) is 0 Å². The van der Waals surface area contributed by atoms with E-state index >= 15 is 0 Å². The number of hydrogen-bond acceptors (Lipinski definition) is 4. The zero-order chi connectivity index (χ0) is 21.5. The van der Waals surface area contributed by atoms with Gasteiger partial charge in [-0.1, -0.05) is 64.5 Å². The highest BCUT2D eigenvalue weighted by Gasteiger charge is 2.67. The third kappa shape index (κ3) is 2.16. The molecule has 2 atom stereocenters. The van der Waals surface area contributed by atoms with E-state index in [1.54, 1.807) is 0 Å². The van der Waals surface area contributed by atoms with Gasteiger partial charge in [0.1, 0.15) is 0 Å². The summed E-state index contributed by atoms with van der Waals surface area (Å²) >= 11 is 3.95. The molecule has 2 bridgehead atoms. The van der Waals surface area contributed by atoms with Crippen LogP contribution >= 0.6 is 15.9 Å². The number of nitro benzene ring substituents is 1. The minimum atomic E-state index is -0.804. The normalized spacial score (nSPS) is 27.6. The summed E-state index contributed by atoms with van der Waals surface area (Å²) in [5.41, 5.74) is 4.44. The van der Waals surface area contributed by atoms with Gasteiger partial charge in [0.15, 0.2) is 0 Å². The largest absolute Gasteiger partial charge is 0.274 e. The van der Waals surface area contributed by atoms with Gasteiger partial charge in [-0.05, 0) is 34.4 Å². The third-order valence-electron chi connectivity index (χ3n) is 6.83. The maximum absolute atomic E-state index is 13.7. The number of nitro groups is 1. The molecule has 31 heavy (non-hydrogen) atoms. The number of halogens is 1. The van der Waals surface area contributed by atoms with Gasteiger partial charge in [-0.25, -0.2) is 4.90 Å². The third-order valence-corrected chi connectivity index (χ3v) is 8.18. The molecule has 2 unspecified atom stereocenters. The van der Waals surface area contributed by atoms with Gasteiger partial charge in [0.05, 0.1) is 26.8 Å². The van der Waals surface area contributed by atoms with Crippen LogP contribution in [0.1, 0.15) is 28.2 Å². The van der Waals surface area contributed by atoms with Crippen molar-refractivity contribution in [1.29, 1.82) is 0 Å². The maximum atomic E-state index is 13.7. The fourth-order valence-corrected chi connectivity index (χ4v) is 6.86. The van der Waals surface area contributed by atoms with Crippen molar-refractivity contribution in [2.75, 3.05) is 4.90 Å². The summed E-state index contributed by atoms with van der Waals surface area (Å²) < 4.78 is -0.804. The Balaban J connectivity index is 1.55. The summed E-state index contributed by atoms with van der Waals surface area (Å²) in [5, 5.41) is 11.0. The van der Waals surface area contributed by atoms with Crippen LogP contribution in [-0.4, -0.2) is 16.7 Å². The number of benzene rings is 3. The summed E-state index contributed by atoms with van der Waals surface area (Å²) in [7, 11) is 0. The molecule has 1 heterocycles. The van der Waals surface area contributed by atoms with E-state index in [-0.39, 0.29) is 23.4 Å². The number of carbonyl (C=O) groups is 2. The molecule has 0 saturated carbocycles. The van der Waals surface area contributed by atoms with Gasteiger partial charge in [-0.2, -0.15) is 0 Å². The first-order valence-electron chi connectivity index (χ1n) is 9.94. The number of rotatable bonds is 2. The quantitative estimate of drug-likeness (QED) is 0.237. The van der Waals surface area contributed by atoms with Crippen LogP contribution in [0.15, 0.2) is 72.8 Å². The fraction of sp³-hybridized carbons (Fsp3) is 0.167. The number of hydrogen-bond donors (Lipinski definition) is 0. The van der Waals surface area contributed by atoms with Gasteiger partial charge >= 0.3 is 0 Å². The Bertz CT molecular complexity index is 1260. The molecule has 4 aliphatic rings. The van der Waals surface area contributed by atoms with Gasteiger partial charge in [0, 0.05) is 18.1 Å². The zero-order valence-electron chi connectivity index (χ0n) is 16.1. The lowest BCUT2D eigenvalue weighted by atomic mass is 9.55. The monoisotopic (exact) mass is 474 g/mol. The zero-order valence-corrected chi connectivity index (χ0v) is 17.7. The van der Waals surface area contributed by atoms with Crippen molar-refractivity contribution >= 4 is 39.1 Å². The molecular weight excluding hydrogens is 460 g/mol. The topological polar surface area (TPSA) is 80.5 Å². The lowest BCUT2D eigenvalue weighted by Crippen LogP contribution is -2.50. The van der Waals surface area contributed by atoms with E-state index in [2.05, 4.69) is 15.9 Å². The van der Waals surface area contributed by atoms with Crippen LogP contribution < -0.4 is 4.90 Å². The molecule has 1 fully saturated rings. The van der Waals surface area contributed by atoms with Crippen LogP contribution in [0.4, 0.5) is 11.4 Å². The molecule has 6 nitrogen and oxygen atoms in total. The molecule has 7 rings (SSSR count). The predicted octanol–water partition coefficient (Wildman–Crippen LogP) is 4.50. The van der Waals surface area contributed by atoms with Gasteiger partial charge in [0.2, 0.25) is 11.8 Å². The number of anilines is 1. The van der Waals surface area contributed by atoms with Crippen LogP contribution in [0.5, 0.6) is 0 Å². The second kappa shape index (κ2) is 6.11. The van der Waals surface area contributed by atoms with Crippen LogP contribution in [0, 0.1) is 22.0 Å². The van der Waals surface area contributed by atoms with E-state index in [0.29, 0.717) is 5.69 Å². The Morgan fingerprint density at radius 3 is 1.94 bits per heavy atom. The van der Waals surface area contributed by atoms with Crippen molar-refractivity contribution in [1.82, 2.24) is 0 Å². The van der Waals surface area contributed by atoms with Crippen molar-refractivity contribution in [3.05, 3.63) is 105 Å². The molecule has 3 aliphatic carbocycles. The lowest BCUT2D eigenvalue weighted by Gasteiger charge is -2.51. The average molecular weight is 475 g/mol. The number of nitrogens with zero attached hydrogens (tertiary/aromatic N) is 2. The Labute approximate surface area is 185 Å². The molecule has 3 aromatic carbocycles. The minimum Gasteiger partial charge on any atom is -0.274 e. The fourth-order valence-electron chi connectivity index (χ4n) is 5.66. The van der Waals surface area contributed by atoms with Gasteiger partial charge in [-0.3, -0.25) is 19.7 Å². The second-order valence-corrected chi connectivity index (χ2v) is 9.40. The smallest absolute Gasteiger partial charge is 0.269 e. The van der Waals surface area contributed by atoms with Crippen LogP contribution in [0.25, 0.3) is 0 Å². The molecule has 152 valence electrons. The molecule has 0 spiro atoms. The van der Waals surface area contributed by atoms with E-state index in [4.69, 9.17) is 0 Å².